The van der Waals surface area contributed by atoms with E-state index in [1.165, 1.54) is 17.0 Å². The molecule has 2 nitrogen and oxygen atoms in total. The molecule has 0 aliphatic heterocycles. The molecular formula is C15H15F3N2S. The monoisotopic (exact) mass is 312 g/mol. The number of nitrogen functional groups attached to an aromatic ring is 1. The first kappa shape index (κ1) is 14.3. The molecule has 0 spiro atoms. The second-order valence-electron chi connectivity index (χ2n) is 5.19. The Bertz CT molecular complexity index is 649. The summed E-state index contributed by atoms with van der Waals surface area (Å²) >= 11 is 1.67. The minimum absolute atomic E-state index is 0.0651. The summed E-state index contributed by atoms with van der Waals surface area (Å²) in [6.45, 7) is 0. The van der Waals surface area contributed by atoms with E-state index in [9.17, 15) is 13.2 Å². The maximum absolute atomic E-state index is 13.1. The molecule has 0 fully saturated rings. The molecule has 0 bridgehead atoms. The van der Waals surface area contributed by atoms with Crippen molar-refractivity contribution in [3.8, 4) is 0 Å². The predicted octanol–water partition coefficient (Wildman–Crippen LogP) is 4.84. The van der Waals surface area contributed by atoms with Gasteiger partial charge in [0.25, 0.3) is 0 Å². The number of benzene rings is 1. The van der Waals surface area contributed by atoms with E-state index in [1.54, 1.807) is 11.3 Å². The van der Waals surface area contributed by atoms with Crippen LogP contribution in [0.5, 0.6) is 0 Å². The zero-order valence-corrected chi connectivity index (χ0v) is 12.0. The van der Waals surface area contributed by atoms with Crippen LogP contribution in [0.4, 0.5) is 24.5 Å². The molecule has 1 heterocycles. The van der Waals surface area contributed by atoms with Gasteiger partial charge in [0.2, 0.25) is 0 Å². The summed E-state index contributed by atoms with van der Waals surface area (Å²) in [6, 6.07) is 5.83. The summed E-state index contributed by atoms with van der Waals surface area (Å²) in [6.07, 6.45) is -1.57. The summed E-state index contributed by atoms with van der Waals surface area (Å²) in [5.74, 6) is 0. The lowest BCUT2D eigenvalue weighted by molar-refractivity contribution is -0.136. The number of thiophene rings is 1. The van der Waals surface area contributed by atoms with Crippen molar-refractivity contribution in [2.45, 2.75) is 31.5 Å². The number of hydrogen-bond donors (Lipinski definition) is 2. The SMILES string of the molecule is Nc1ccc(NC2CCCc3sccc32)c(C(F)(F)F)c1. The molecule has 0 saturated heterocycles. The second-order valence-corrected chi connectivity index (χ2v) is 6.19. The van der Waals surface area contributed by atoms with Gasteiger partial charge in [0.1, 0.15) is 0 Å². The van der Waals surface area contributed by atoms with Crippen LogP contribution in [0.3, 0.4) is 0 Å². The number of alkyl halides is 3. The molecule has 0 amide bonds. The fraction of sp³-hybridized carbons (Fsp3) is 0.333. The van der Waals surface area contributed by atoms with Crippen molar-refractivity contribution >= 4 is 22.7 Å². The average molecular weight is 312 g/mol. The number of anilines is 2. The van der Waals surface area contributed by atoms with Crippen molar-refractivity contribution in [3.63, 3.8) is 0 Å². The Morgan fingerprint density at radius 3 is 2.81 bits per heavy atom. The second kappa shape index (κ2) is 5.26. The minimum Gasteiger partial charge on any atom is -0.399 e. The molecule has 21 heavy (non-hydrogen) atoms. The predicted molar refractivity (Wildman–Crippen MR) is 79.5 cm³/mol. The van der Waals surface area contributed by atoms with E-state index < -0.39 is 11.7 Å². The highest BCUT2D eigenvalue weighted by molar-refractivity contribution is 7.10. The van der Waals surface area contributed by atoms with E-state index in [4.69, 9.17) is 5.73 Å². The fourth-order valence-electron chi connectivity index (χ4n) is 2.75. The molecule has 3 N–H and O–H groups in total. The summed E-state index contributed by atoms with van der Waals surface area (Å²) in [5, 5.41) is 5.05. The van der Waals surface area contributed by atoms with Crippen molar-refractivity contribution in [1.29, 1.82) is 0 Å². The molecule has 3 rings (SSSR count). The maximum atomic E-state index is 13.1. The Balaban J connectivity index is 1.93. The van der Waals surface area contributed by atoms with Crippen LogP contribution < -0.4 is 11.1 Å². The number of fused-ring (bicyclic) bond motifs is 1. The van der Waals surface area contributed by atoms with Gasteiger partial charge in [-0.05, 0) is 54.5 Å². The lowest BCUT2D eigenvalue weighted by Gasteiger charge is -2.26. The van der Waals surface area contributed by atoms with Gasteiger partial charge in [-0.25, -0.2) is 0 Å². The number of halogens is 3. The standard InChI is InChI=1S/C15H15F3N2S/c16-15(17,18)11-8-9(19)4-5-13(11)20-12-2-1-3-14-10(12)6-7-21-14/h4-8,12,20H,1-3,19H2. The van der Waals surface area contributed by atoms with Crippen LogP contribution in [0.25, 0.3) is 0 Å². The number of hydrogen-bond acceptors (Lipinski definition) is 3. The van der Waals surface area contributed by atoms with E-state index in [-0.39, 0.29) is 17.4 Å². The van der Waals surface area contributed by atoms with Gasteiger partial charge in [-0.2, -0.15) is 13.2 Å². The zero-order valence-electron chi connectivity index (χ0n) is 11.2. The van der Waals surface area contributed by atoms with Crippen LogP contribution in [0, 0.1) is 0 Å². The van der Waals surface area contributed by atoms with Crippen LogP contribution >= 0.6 is 11.3 Å². The molecule has 1 aromatic heterocycles. The average Bonchev–Trinajstić information content (AvgIpc) is 2.89. The van der Waals surface area contributed by atoms with Crippen LogP contribution in [0.15, 0.2) is 29.6 Å². The maximum Gasteiger partial charge on any atom is 0.418 e. The van der Waals surface area contributed by atoms with Crippen molar-refractivity contribution in [1.82, 2.24) is 0 Å². The molecule has 1 aliphatic carbocycles. The van der Waals surface area contributed by atoms with Crippen molar-refractivity contribution < 1.29 is 13.2 Å². The van der Waals surface area contributed by atoms with Crippen molar-refractivity contribution in [2.24, 2.45) is 0 Å². The van der Waals surface area contributed by atoms with Gasteiger partial charge in [-0.3, -0.25) is 0 Å². The Kier molecular flexibility index (Phi) is 3.57. The lowest BCUT2D eigenvalue weighted by atomic mass is 9.93. The summed E-state index contributed by atoms with van der Waals surface area (Å²) in [7, 11) is 0. The largest absolute Gasteiger partial charge is 0.418 e. The van der Waals surface area contributed by atoms with Gasteiger partial charge in [-0.15, -0.1) is 11.3 Å². The van der Waals surface area contributed by atoms with E-state index in [0.717, 1.165) is 30.9 Å². The molecule has 1 atom stereocenters. The molecule has 0 radical (unpaired) electrons. The van der Waals surface area contributed by atoms with E-state index in [0.29, 0.717) is 0 Å². The van der Waals surface area contributed by atoms with Gasteiger partial charge in [0.15, 0.2) is 0 Å². The number of nitrogens with one attached hydrogen (secondary N) is 1. The highest BCUT2D eigenvalue weighted by Crippen LogP contribution is 2.40. The van der Waals surface area contributed by atoms with Crippen LogP contribution in [-0.2, 0) is 12.6 Å². The van der Waals surface area contributed by atoms with Crippen molar-refractivity contribution in [2.75, 3.05) is 11.1 Å². The smallest absolute Gasteiger partial charge is 0.399 e. The highest BCUT2D eigenvalue weighted by atomic mass is 32.1. The van der Waals surface area contributed by atoms with Crippen molar-refractivity contribution in [3.05, 3.63) is 45.6 Å². The number of aryl methyl sites for hydroxylation is 1. The van der Waals surface area contributed by atoms with Gasteiger partial charge in [0.05, 0.1) is 11.6 Å². The van der Waals surface area contributed by atoms with E-state index in [1.807, 2.05) is 11.4 Å². The third-order valence-electron chi connectivity index (χ3n) is 3.73. The summed E-state index contributed by atoms with van der Waals surface area (Å²) in [4.78, 5) is 1.27. The van der Waals surface area contributed by atoms with E-state index >= 15 is 0 Å². The van der Waals surface area contributed by atoms with Crippen LogP contribution in [0.2, 0.25) is 0 Å². The normalized spacial score (nSPS) is 18.3. The Morgan fingerprint density at radius 2 is 2.05 bits per heavy atom. The number of rotatable bonds is 2. The molecule has 112 valence electrons. The molecule has 6 heteroatoms. The first-order valence-corrected chi connectivity index (χ1v) is 7.62. The summed E-state index contributed by atoms with van der Waals surface area (Å²) in [5.41, 5.74) is 6.13. The first-order chi connectivity index (χ1) is 9.95. The first-order valence-electron chi connectivity index (χ1n) is 6.74. The molecule has 1 aliphatic rings. The fourth-order valence-corrected chi connectivity index (χ4v) is 3.73. The Labute approximate surface area is 124 Å². The molecule has 0 saturated carbocycles. The molecule has 1 aromatic carbocycles. The van der Waals surface area contributed by atoms with Gasteiger partial charge in [0, 0.05) is 16.3 Å². The molecule has 2 aromatic rings. The number of nitrogens with two attached hydrogens (primary N) is 1. The third-order valence-corrected chi connectivity index (χ3v) is 4.73. The van der Waals surface area contributed by atoms with Gasteiger partial charge >= 0.3 is 6.18 Å². The van der Waals surface area contributed by atoms with Crippen LogP contribution in [-0.4, -0.2) is 0 Å². The minimum atomic E-state index is -4.41. The quantitative estimate of drug-likeness (QED) is 0.779. The van der Waals surface area contributed by atoms with Crippen LogP contribution in [0.1, 0.15) is 34.9 Å². The van der Waals surface area contributed by atoms with Gasteiger partial charge in [-0.1, -0.05) is 0 Å². The van der Waals surface area contributed by atoms with Gasteiger partial charge < -0.3 is 11.1 Å². The molecule has 1 unspecified atom stereocenters. The Morgan fingerprint density at radius 1 is 1.24 bits per heavy atom. The highest BCUT2D eigenvalue weighted by Gasteiger charge is 2.34. The summed E-state index contributed by atoms with van der Waals surface area (Å²) < 4.78 is 39.4. The lowest BCUT2D eigenvalue weighted by Crippen LogP contribution is -2.18. The topological polar surface area (TPSA) is 38.0 Å². The third kappa shape index (κ3) is 2.85. The zero-order chi connectivity index (χ0) is 15.0. The molecular weight excluding hydrogens is 297 g/mol. The Hall–Kier alpha value is -1.69. The van der Waals surface area contributed by atoms with E-state index in [2.05, 4.69) is 5.32 Å².